The molecule has 7 nitrogen and oxygen atoms in total. The minimum Gasteiger partial charge on any atom is -0.340 e. The van der Waals surface area contributed by atoms with Crippen LogP contribution in [0.25, 0.3) is 11.2 Å². The molecule has 142 valence electrons. The fourth-order valence-corrected chi connectivity index (χ4v) is 2.23. The molecule has 3 aromatic rings. The van der Waals surface area contributed by atoms with Crippen LogP contribution in [-0.2, 0) is 12.4 Å². The molecule has 0 saturated carbocycles. The maximum absolute atomic E-state index is 12.9. The molecule has 0 aliphatic carbocycles. The van der Waals surface area contributed by atoms with Gasteiger partial charge in [-0.3, -0.25) is 5.32 Å². The van der Waals surface area contributed by atoms with Crippen LogP contribution in [-0.4, -0.2) is 26.0 Å². The van der Waals surface area contributed by atoms with Gasteiger partial charge in [0.2, 0.25) is 0 Å². The van der Waals surface area contributed by atoms with Crippen molar-refractivity contribution in [2.75, 3.05) is 10.6 Å². The van der Waals surface area contributed by atoms with E-state index in [1.807, 2.05) is 5.32 Å². The van der Waals surface area contributed by atoms with E-state index in [0.717, 1.165) is 6.33 Å². The highest BCUT2D eigenvalue weighted by Crippen LogP contribution is 2.41. The van der Waals surface area contributed by atoms with Gasteiger partial charge in [-0.2, -0.15) is 26.3 Å². The molecule has 0 unspecified atom stereocenters. The zero-order chi connectivity index (χ0) is 19.8. The summed E-state index contributed by atoms with van der Waals surface area (Å²) in [5, 5.41) is 4.27. The van der Waals surface area contributed by atoms with Crippen molar-refractivity contribution in [1.82, 2.24) is 19.9 Å². The lowest BCUT2D eigenvalue weighted by Crippen LogP contribution is -2.22. The molecule has 2 heterocycles. The second-order valence-corrected chi connectivity index (χ2v) is 5.16. The third-order valence-corrected chi connectivity index (χ3v) is 3.34. The third-order valence-electron chi connectivity index (χ3n) is 3.34. The van der Waals surface area contributed by atoms with Gasteiger partial charge in [-0.05, 0) is 18.2 Å². The number of anilines is 2. The standard InChI is InChI=1S/C14H8F6N6O/c15-13(16,17)7-2-1-6(3-8(7)14(18,19)20)25-12(27)26-11-9-10(22-4-21-9)23-5-24-11/h1-5H,(H3,21,22,23,24,25,26,27). The number of carbonyl (C=O) groups is 1. The van der Waals surface area contributed by atoms with Gasteiger partial charge in [-0.25, -0.2) is 19.7 Å². The summed E-state index contributed by atoms with van der Waals surface area (Å²) >= 11 is 0. The summed E-state index contributed by atoms with van der Waals surface area (Å²) in [6.07, 6.45) is -8.07. The van der Waals surface area contributed by atoms with Crippen LogP contribution in [0.5, 0.6) is 0 Å². The number of rotatable bonds is 2. The van der Waals surface area contributed by atoms with E-state index in [2.05, 4.69) is 25.3 Å². The number of carbonyl (C=O) groups excluding carboxylic acids is 1. The topological polar surface area (TPSA) is 95.6 Å². The predicted octanol–water partition coefficient (Wildman–Crippen LogP) is 4.03. The molecular formula is C14H8F6N6O. The highest BCUT2D eigenvalue weighted by atomic mass is 19.4. The number of nitrogens with one attached hydrogen (secondary N) is 3. The minimum atomic E-state index is -5.26. The van der Waals surface area contributed by atoms with E-state index in [4.69, 9.17) is 0 Å². The highest BCUT2D eigenvalue weighted by Gasteiger charge is 2.43. The number of halogens is 6. The number of aromatic amines is 1. The fourth-order valence-electron chi connectivity index (χ4n) is 2.23. The molecular weight excluding hydrogens is 382 g/mol. The molecule has 3 N–H and O–H groups in total. The number of hydrogen-bond donors (Lipinski definition) is 3. The van der Waals surface area contributed by atoms with Crippen LogP contribution >= 0.6 is 0 Å². The first-order chi connectivity index (χ1) is 12.6. The number of fused-ring (bicyclic) bond motifs is 1. The van der Waals surface area contributed by atoms with Crippen molar-refractivity contribution in [2.24, 2.45) is 0 Å². The Bertz CT molecular complexity index is 996. The van der Waals surface area contributed by atoms with Gasteiger partial charge in [0.05, 0.1) is 17.5 Å². The van der Waals surface area contributed by atoms with Crippen LogP contribution in [0.3, 0.4) is 0 Å². The van der Waals surface area contributed by atoms with Crippen LogP contribution in [0, 0.1) is 0 Å². The average molecular weight is 390 g/mol. The van der Waals surface area contributed by atoms with E-state index in [-0.39, 0.29) is 29.1 Å². The van der Waals surface area contributed by atoms with Gasteiger partial charge in [-0.15, -0.1) is 0 Å². The fraction of sp³-hybridized carbons (Fsp3) is 0.143. The Labute approximate surface area is 145 Å². The Morgan fingerprint density at radius 1 is 0.926 bits per heavy atom. The SMILES string of the molecule is O=C(Nc1ccc(C(F)(F)F)c(C(F)(F)F)c1)Nc1ncnc2nc[nH]c12. The maximum atomic E-state index is 12.9. The van der Waals surface area contributed by atoms with Gasteiger partial charge in [0.25, 0.3) is 0 Å². The van der Waals surface area contributed by atoms with Crippen molar-refractivity contribution in [3.05, 3.63) is 42.0 Å². The lowest BCUT2D eigenvalue weighted by Gasteiger charge is -2.17. The number of amides is 2. The van der Waals surface area contributed by atoms with Crippen molar-refractivity contribution in [3.63, 3.8) is 0 Å². The van der Waals surface area contributed by atoms with Crippen LogP contribution in [0.1, 0.15) is 11.1 Å². The molecule has 0 fully saturated rings. The highest BCUT2D eigenvalue weighted by molar-refractivity contribution is 6.02. The van der Waals surface area contributed by atoms with E-state index in [0.29, 0.717) is 6.07 Å². The smallest absolute Gasteiger partial charge is 0.340 e. The normalized spacial score (nSPS) is 12.2. The molecule has 0 atom stereocenters. The number of alkyl halides is 6. The Morgan fingerprint density at radius 3 is 2.30 bits per heavy atom. The van der Waals surface area contributed by atoms with Gasteiger partial charge < -0.3 is 10.3 Å². The molecule has 0 aliphatic heterocycles. The van der Waals surface area contributed by atoms with Crippen LogP contribution in [0.4, 0.5) is 42.6 Å². The first-order valence-corrected chi connectivity index (χ1v) is 7.06. The molecule has 2 amide bonds. The van der Waals surface area contributed by atoms with Crippen LogP contribution in [0.15, 0.2) is 30.9 Å². The average Bonchev–Trinajstić information content (AvgIpc) is 3.02. The molecule has 0 radical (unpaired) electrons. The molecule has 0 spiro atoms. The summed E-state index contributed by atoms with van der Waals surface area (Å²) in [5.74, 6) is -0.0158. The number of hydrogen-bond acceptors (Lipinski definition) is 4. The number of benzene rings is 1. The number of urea groups is 1. The first-order valence-electron chi connectivity index (χ1n) is 7.06. The number of imidazole rings is 1. The van der Waals surface area contributed by atoms with E-state index >= 15 is 0 Å². The number of nitrogens with zero attached hydrogens (tertiary/aromatic N) is 3. The van der Waals surface area contributed by atoms with Gasteiger partial charge in [0.15, 0.2) is 11.5 Å². The monoisotopic (exact) mass is 390 g/mol. The molecule has 0 aliphatic rings. The van der Waals surface area contributed by atoms with Gasteiger partial charge in [0, 0.05) is 5.69 Å². The molecule has 1 aromatic carbocycles. The second kappa shape index (κ2) is 6.41. The Morgan fingerprint density at radius 2 is 1.63 bits per heavy atom. The summed E-state index contributed by atoms with van der Waals surface area (Å²) in [6, 6.07) is 0.144. The third kappa shape index (κ3) is 3.91. The first kappa shape index (κ1) is 18.4. The zero-order valence-corrected chi connectivity index (χ0v) is 12.9. The molecule has 0 bridgehead atoms. The van der Waals surface area contributed by atoms with E-state index in [1.54, 1.807) is 0 Å². The molecule has 27 heavy (non-hydrogen) atoms. The minimum absolute atomic E-state index is 0.0158. The second-order valence-electron chi connectivity index (χ2n) is 5.16. The van der Waals surface area contributed by atoms with Gasteiger partial charge >= 0.3 is 18.4 Å². The van der Waals surface area contributed by atoms with Gasteiger partial charge in [-0.1, -0.05) is 0 Å². The van der Waals surface area contributed by atoms with Crippen molar-refractivity contribution >= 4 is 28.7 Å². The zero-order valence-electron chi connectivity index (χ0n) is 12.9. The lowest BCUT2D eigenvalue weighted by molar-refractivity contribution is -0.162. The van der Waals surface area contributed by atoms with Crippen molar-refractivity contribution in [3.8, 4) is 0 Å². The molecule has 0 saturated heterocycles. The maximum Gasteiger partial charge on any atom is 0.417 e. The predicted molar refractivity (Wildman–Crippen MR) is 80.8 cm³/mol. The van der Waals surface area contributed by atoms with Crippen molar-refractivity contribution < 1.29 is 31.1 Å². The van der Waals surface area contributed by atoms with Gasteiger partial charge in [0.1, 0.15) is 11.8 Å². The molecule has 2 aromatic heterocycles. The van der Waals surface area contributed by atoms with E-state index in [1.165, 1.54) is 6.33 Å². The lowest BCUT2D eigenvalue weighted by atomic mass is 10.1. The number of H-pyrrole nitrogens is 1. The van der Waals surface area contributed by atoms with E-state index < -0.39 is 35.2 Å². The Kier molecular flexibility index (Phi) is 4.37. The quantitative estimate of drug-likeness (QED) is 0.576. The summed E-state index contributed by atoms with van der Waals surface area (Å²) in [6.45, 7) is 0. The molecule has 13 heteroatoms. The molecule has 3 rings (SSSR count). The Hall–Kier alpha value is -3.38. The van der Waals surface area contributed by atoms with Crippen LogP contribution in [0.2, 0.25) is 0 Å². The largest absolute Gasteiger partial charge is 0.417 e. The summed E-state index contributed by atoms with van der Waals surface area (Å²) in [4.78, 5) is 26.0. The summed E-state index contributed by atoms with van der Waals surface area (Å²) in [5.41, 5.74) is -3.75. The van der Waals surface area contributed by atoms with Crippen LogP contribution < -0.4 is 10.6 Å². The summed E-state index contributed by atoms with van der Waals surface area (Å²) < 4.78 is 77.0. The van der Waals surface area contributed by atoms with E-state index in [9.17, 15) is 31.1 Å². The Balaban J connectivity index is 1.85. The van der Waals surface area contributed by atoms with Crippen molar-refractivity contribution in [2.45, 2.75) is 12.4 Å². The summed E-state index contributed by atoms with van der Waals surface area (Å²) in [7, 11) is 0. The van der Waals surface area contributed by atoms with Crippen molar-refractivity contribution in [1.29, 1.82) is 0 Å². The number of aromatic nitrogens is 4.